The average molecular weight is 749 g/mol. The number of phenolic OH excluding ortho intramolecular Hbond substituents is 8. The van der Waals surface area contributed by atoms with Crippen molar-refractivity contribution in [2.45, 2.75) is 5.41 Å². The van der Waals surface area contributed by atoms with E-state index in [0.29, 0.717) is 22.3 Å². The minimum absolute atomic E-state index is 0.0860. The predicted molar refractivity (Wildman–Crippen MR) is 218 cm³/mol. The van der Waals surface area contributed by atoms with E-state index in [-0.39, 0.29) is 46.0 Å². The lowest BCUT2D eigenvalue weighted by molar-refractivity contribution is 0.450. The van der Waals surface area contributed by atoms with Crippen molar-refractivity contribution in [3.05, 3.63) is 168 Å². The van der Waals surface area contributed by atoms with E-state index < -0.39 is 5.41 Å². The number of hydrogen-bond acceptors (Lipinski definition) is 8. The van der Waals surface area contributed by atoms with Crippen LogP contribution in [0.4, 0.5) is 0 Å². The van der Waals surface area contributed by atoms with E-state index >= 15 is 0 Å². The molecular formula is C49H32O8. The van der Waals surface area contributed by atoms with Crippen molar-refractivity contribution in [2.24, 2.45) is 0 Å². The summed E-state index contributed by atoms with van der Waals surface area (Å²) in [5, 5.41) is 84.2. The number of phenols is 8. The summed E-state index contributed by atoms with van der Waals surface area (Å²) in [6, 6.07) is 42.1. The highest BCUT2D eigenvalue weighted by Crippen LogP contribution is 2.64. The smallest absolute Gasteiger partial charge is 0.119 e. The Hall–Kier alpha value is -7.84. The monoisotopic (exact) mass is 748 g/mol. The summed E-state index contributed by atoms with van der Waals surface area (Å²) >= 11 is 0. The first-order chi connectivity index (χ1) is 27.4. The minimum atomic E-state index is -1.04. The lowest BCUT2D eigenvalue weighted by Gasteiger charge is -2.32. The highest BCUT2D eigenvalue weighted by molar-refractivity contribution is 5.98. The van der Waals surface area contributed by atoms with Crippen LogP contribution in [-0.2, 0) is 5.41 Å². The summed E-state index contributed by atoms with van der Waals surface area (Å²) in [5.74, 6) is -0.688. The SMILES string of the molecule is Oc1cc(O)cc(-c2ccc3c(c2)C2(c4cc(-c5cc(O)cc(O)c5)ccc4-3)c3cc(-c4cc(O)cc(O)c4)ccc3-c3ccc(-c4cc(O)cc(O)c4)cc32)c1. The van der Waals surface area contributed by atoms with Gasteiger partial charge in [-0.1, -0.05) is 48.5 Å². The van der Waals surface area contributed by atoms with Crippen LogP contribution in [0.15, 0.2) is 146 Å². The second kappa shape index (κ2) is 12.1. The van der Waals surface area contributed by atoms with Crippen molar-refractivity contribution < 1.29 is 40.9 Å². The normalized spacial score (nSPS) is 12.9. The van der Waals surface area contributed by atoms with Crippen LogP contribution in [-0.4, -0.2) is 40.9 Å². The van der Waals surface area contributed by atoms with Crippen molar-refractivity contribution in [3.8, 4) is 113 Å². The van der Waals surface area contributed by atoms with E-state index in [0.717, 1.165) is 66.8 Å². The molecule has 8 aromatic rings. The molecule has 276 valence electrons. The molecule has 1 spiro atoms. The van der Waals surface area contributed by atoms with Gasteiger partial charge in [0.05, 0.1) is 5.41 Å². The van der Waals surface area contributed by atoms with Gasteiger partial charge in [-0.2, -0.15) is 0 Å². The lowest BCUT2D eigenvalue weighted by atomic mass is 9.69. The van der Waals surface area contributed by atoms with E-state index in [4.69, 9.17) is 0 Å². The maximum absolute atomic E-state index is 10.5. The highest BCUT2D eigenvalue weighted by atomic mass is 16.3. The maximum atomic E-state index is 10.5. The fourth-order valence-corrected chi connectivity index (χ4v) is 8.99. The van der Waals surface area contributed by atoms with Crippen LogP contribution in [0.5, 0.6) is 46.0 Å². The Morgan fingerprint density at radius 2 is 0.404 bits per heavy atom. The highest BCUT2D eigenvalue weighted by Gasteiger charge is 2.52. The molecule has 8 nitrogen and oxygen atoms in total. The summed E-state index contributed by atoms with van der Waals surface area (Å²) < 4.78 is 0. The van der Waals surface area contributed by atoms with Gasteiger partial charge in [0, 0.05) is 24.3 Å². The van der Waals surface area contributed by atoms with Gasteiger partial charge in [0.1, 0.15) is 46.0 Å². The van der Waals surface area contributed by atoms with Gasteiger partial charge in [0.25, 0.3) is 0 Å². The number of rotatable bonds is 4. The molecule has 0 bridgehead atoms. The standard InChI is InChI=1S/C49H32O8/c50-33-9-29(10-34(51)21-33)25-1-5-41-42-6-2-26(30-11-35(52)22-36(53)12-30)18-46(42)49(45(41)17-25)47-19-27(31-13-37(54)23-38(55)14-31)3-7-43(47)44-8-4-28(20-48(44)49)32-15-39(56)24-40(57)16-32/h1-24,50-57H. The average Bonchev–Trinajstić information content (AvgIpc) is 3.62. The second-order valence-electron chi connectivity index (χ2n) is 14.7. The van der Waals surface area contributed by atoms with Crippen LogP contribution in [0.1, 0.15) is 22.3 Å². The van der Waals surface area contributed by atoms with Crippen LogP contribution >= 0.6 is 0 Å². The van der Waals surface area contributed by atoms with Gasteiger partial charge in [-0.15, -0.1) is 0 Å². The molecule has 0 saturated heterocycles. The first-order valence-corrected chi connectivity index (χ1v) is 18.2. The first kappa shape index (κ1) is 33.7. The molecule has 0 aromatic heterocycles. The van der Waals surface area contributed by atoms with E-state index in [1.54, 1.807) is 48.5 Å². The molecule has 8 aromatic carbocycles. The Bertz CT molecular complexity index is 2530. The molecule has 0 saturated carbocycles. The largest absolute Gasteiger partial charge is 0.508 e. The van der Waals surface area contributed by atoms with Crippen LogP contribution in [0.3, 0.4) is 0 Å². The van der Waals surface area contributed by atoms with Gasteiger partial charge < -0.3 is 40.9 Å². The van der Waals surface area contributed by atoms with Crippen LogP contribution < -0.4 is 0 Å². The number of hydrogen-bond donors (Lipinski definition) is 8. The molecule has 0 unspecified atom stereocenters. The Morgan fingerprint density at radius 3 is 0.596 bits per heavy atom. The topological polar surface area (TPSA) is 162 Å². The molecule has 0 heterocycles. The molecule has 2 aliphatic rings. The van der Waals surface area contributed by atoms with Gasteiger partial charge in [-0.25, -0.2) is 0 Å². The van der Waals surface area contributed by atoms with Crippen molar-refractivity contribution in [2.75, 3.05) is 0 Å². The van der Waals surface area contributed by atoms with Crippen molar-refractivity contribution in [1.29, 1.82) is 0 Å². The van der Waals surface area contributed by atoms with Crippen LogP contribution in [0.2, 0.25) is 0 Å². The quantitative estimate of drug-likeness (QED) is 0.0882. The van der Waals surface area contributed by atoms with Crippen LogP contribution in [0.25, 0.3) is 66.8 Å². The molecule has 57 heavy (non-hydrogen) atoms. The van der Waals surface area contributed by atoms with Gasteiger partial charge in [-0.3, -0.25) is 0 Å². The molecule has 0 aliphatic heterocycles. The van der Waals surface area contributed by atoms with Crippen molar-refractivity contribution >= 4 is 0 Å². The third-order valence-corrected chi connectivity index (χ3v) is 11.2. The Labute approximate surface area is 326 Å². The minimum Gasteiger partial charge on any atom is -0.508 e. The number of fused-ring (bicyclic) bond motifs is 10. The molecule has 0 fully saturated rings. The molecule has 0 amide bonds. The Balaban J connectivity index is 1.34. The second-order valence-corrected chi connectivity index (χ2v) is 14.7. The molecule has 0 atom stereocenters. The van der Waals surface area contributed by atoms with E-state index in [9.17, 15) is 40.9 Å². The van der Waals surface area contributed by atoms with Crippen molar-refractivity contribution in [1.82, 2.24) is 0 Å². The summed E-state index contributed by atoms with van der Waals surface area (Å²) in [5.41, 5.74) is 11.7. The Morgan fingerprint density at radius 1 is 0.211 bits per heavy atom. The predicted octanol–water partition coefficient (Wildman–Crippen LogP) is 10.3. The van der Waals surface area contributed by atoms with Gasteiger partial charge in [0.2, 0.25) is 0 Å². The fraction of sp³-hybridized carbons (Fsp3) is 0.0204. The number of aromatic hydroxyl groups is 8. The third-order valence-electron chi connectivity index (χ3n) is 11.2. The Kier molecular flexibility index (Phi) is 7.14. The summed E-state index contributed by atoms with van der Waals surface area (Å²) in [7, 11) is 0. The molecular weight excluding hydrogens is 717 g/mol. The summed E-state index contributed by atoms with van der Waals surface area (Å²) in [4.78, 5) is 0. The lowest BCUT2D eigenvalue weighted by Crippen LogP contribution is -2.26. The van der Waals surface area contributed by atoms with Gasteiger partial charge >= 0.3 is 0 Å². The van der Waals surface area contributed by atoms with E-state index in [1.807, 2.05) is 48.5 Å². The zero-order chi connectivity index (χ0) is 39.3. The summed E-state index contributed by atoms with van der Waals surface area (Å²) in [6.07, 6.45) is 0. The summed E-state index contributed by atoms with van der Waals surface area (Å²) in [6.45, 7) is 0. The maximum Gasteiger partial charge on any atom is 0.119 e. The number of benzene rings is 8. The molecule has 2 aliphatic carbocycles. The first-order valence-electron chi connectivity index (χ1n) is 18.2. The third kappa shape index (κ3) is 5.22. The fourth-order valence-electron chi connectivity index (χ4n) is 8.99. The van der Waals surface area contributed by atoms with E-state index in [2.05, 4.69) is 24.3 Å². The van der Waals surface area contributed by atoms with Crippen molar-refractivity contribution in [3.63, 3.8) is 0 Å². The molecule has 8 N–H and O–H groups in total. The van der Waals surface area contributed by atoms with Crippen LogP contribution in [0, 0.1) is 0 Å². The molecule has 8 heteroatoms. The zero-order valence-electron chi connectivity index (χ0n) is 29.9. The van der Waals surface area contributed by atoms with Gasteiger partial charge in [0.15, 0.2) is 0 Å². The van der Waals surface area contributed by atoms with E-state index in [1.165, 1.54) is 24.3 Å². The zero-order valence-corrected chi connectivity index (χ0v) is 29.9. The molecule has 0 radical (unpaired) electrons. The van der Waals surface area contributed by atoms with Gasteiger partial charge in [-0.05, 0) is 162 Å². The molecule has 10 rings (SSSR count).